The number of rotatable bonds is 3. The zero-order valence-corrected chi connectivity index (χ0v) is 15.1. The van der Waals surface area contributed by atoms with Crippen molar-refractivity contribution in [2.75, 3.05) is 11.1 Å². The second-order valence-electron chi connectivity index (χ2n) is 6.49. The van der Waals surface area contributed by atoms with Crippen LogP contribution >= 0.6 is 0 Å². The molecule has 0 bridgehead atoms. The van der Waals surface area contributed by atoms with Crippen LogP contribution in [-0.4, -0.2) is 6.03 Å². The monoisotopic (exact) mass is 357 g/mol. The molecule has 0 aliphatic heterocycles. The maximum Gasteiger partial charge on any atom is 0.316 e. The van der Waals surface area contributed by atoms with Crippen molar-refractivity contribution in [3.05, 3.63) is 66.7 Å². The quantitative estimate of drug-likeness (QED) is 0.294. The highest BCUT2D eigenvalue weighted by molar-refractivity contribution is 6.10. The first-order chi connectivity index (χ1) is 13.1. The number of benzene rings is 3. The fraction of sp³-hybridized carbons (Fsp3) is 0.0909. The van der Waals surface area contributed by atoms with Crippen LogP contribution in [0.25, 0.3) is 32.9 Å². The van der Waals surface area contributed by atoms with E-state index >= 15 is 0 Å². The summed E-state index contributed by atoms with van der Waals surface area (Å²) in [4.78, 5) is 11.3. The van der Waals surface area contributed by atoms with Gasteiger partial charge in [0.15, 0.2) is 0 Å². The number of nitrogens with two attached hydrogens (primary N) is 2. The molecular weight excluding hydrogens is 336 g/mol. The van der Waals surface area contributed by atoms with E-state index in [9.17, 15) is 4.79 Å². The average molecular weight is 357 g/mol. The van der Waals surface area contributed by atoms with E-state index in [-0.39, 0.29) is 0 Å². The van der Waals surface area contributed by atoms with Gasteiger partial charge in [0, 0.05) is 28.4 Å². The summed E-state index contributed by atoms with van der Waals surface area (Å²) in [6.45, 7) is 2.88. The van der Waals surface area contributed by atoms with Crippen molar-refractivity contribution in [1.29, 1.82) is 0 Å². The highest BCUT2D eigenvalue weighted by Gasteiger charge is 2.22. The first kappa shape index (κ1) is 16.8. The second kappa shape index (κ2) is 6.61. The van der Waals surface area contributed by atoms with E-state index in [0.29, 0.717) is 5.69 Å². The van der Waals surface area contributed by atoms with Gasteiger partial charge in [-0.05, 0) is 43.3 Å². The minimum atomic E-state index is -0.575. The number of hydrogen-bond acceptors (Lipinski definition) is 2. The molecule has 0 fully saturated rings. The Hall–Kier alpha value is -3.60. The lowest BCUT2D eigenvalue weighted by Gasteiger charge is -2.13. The molecule has 0 unspecified atom stereocenters. The zero-order valence-electron chi connectivity index (χ0n) is 15.1. The molecule has 5 N–H and O–H groups in total. The standard InChI is InChI=1S/C22H20N4O/c1-2-26-20-13-16(25-22(24)27)9-11-18(20)17-10-8-15(23)12-19(17)21(26)14-6-4-3-5-7-14/h3-13H,2,23H2,1H3,(H2,24,27)/p+1. The summed E-state index contributed by atoms with van der Waals surface area (Å²) in [5.41, 5.74) is 16.1. The molecule has 4 rings (SSSR count). The Morgan fingerprint density at radius 2 is 1.70 bits per heavy atom. The lowest BCUT2D eigenvalue weighted by Crippen LogP contribution is -2.36. The Balaban J connectivity index is 2.16. The van der Waals surface area contributed by atoms with Crippen molar-refractivity contribution in [2.45, 2.75) is 13.5 Å². The number of anilines is 2. The molecule has 4 aromatic rings. The van der Waals surface area contributed by atoms with Crippen LogP contribution in [0.4, 0.5) is 16.2 Å². The first-order valence-electron chi connectivity index (χ1n) is 8.89. The Morgan fingerprint density at radius 1 is 0.963 bits per heavy atom. The number of pyridine rings is 1. The maximum atomic E-state index is 11.3. The van der Waals surface area contributed by atoms with Gasteiger partial charge in [0.2, 0.25) is 11.2 Å². The summed E-state index contributed by atoms with van der Waals surface area (Å²) in [5.74, 6) is 0. The number of urea groups is 1. The van der Waals surface area contributed by atoms with Gasteiger partial charge in [-0.3, -0.25) is 0 Å². The highest BCUT2D eigenvalue weighted by atomic mass is 16.2. The molecule has 0 saturated carbocycles. The summed E-state index contributed by atoms with van der Waals surface area (Å²) < 4.78 is 2.25. The zero-order chi connectivity index (χ0) is 19.0. The molecule has 1 heterocycles. The Bertz CT molecular complexity index is 1170. The van der Waals surface area contributed by atoms with E-state index in [4.69, 9.17) is 11.5 Å². The van der Waals surface area contributed by atoms with Crippen LogP contribution in [-0.2, 0) is 6.54 Å². The molecule has 0 spiro atoms. The van der Waals surface area contributed by atoms with Gasteiger partial charge in [0.25, 0.3) is 0 Å². The van der Waals surface area contributed by atoms with Crippen LogP contribution in [0.3, 0.4) is 0 Å². The normalized spacial score (nSPS) is 11.0. The number of amides is 2. The molecular formula is C22H21N4O+. The number of aryl methyl sites for hydroxylation is 1. The number of hydrogen-bond donors (Lipinski definition) is 3. The largest absolute Gasteiger partial charge is 0.399 e. The Kier molecular flexibility index (Phi) is 4.12. The van der Waals surface area contributed by atoms with E-state index in [1.165, 1.54) is 0 Å². The topological polar surface area (TPSA) is 85.0 Å². The van der Waals surface area contributed by atoms with E-state index < -0.39 is 6.03 Å². The van der Waals surface area contributed by atoms with E-state index in [1.807, 2.05) is 48.5 Å². The van der Waals surface area contributed by atoms with Gasteiger partial charge >= 0.3 is 6.03 Å². The number of nitrogens with zero attached hydrogens (tertiary/aromatic N) is 1. The van der Waals surface area contributed by atoms with Crippen molar-refractivity contribution in [3.8, 4) is 11.3 Å². The average Bonchev–Trinajstić information content (AvgIpc) is 2.66. The molecule has 0 radical (unpaired) electrons. The Morgan fingerprint density at radius 3 is 2.41 bits per heavy atom. The SMILES string of the molecule is CC[n+]1c(-c2ccccc2)c2cc(N)ccc2c2ccc(NC(N)=O)cc21. The number of primary amides is 1. The fourth-order valence-electron chi connectivity index (χ4n) is 3.70. The molecule has 1 aromatic heterocycles. The molecule has 0 aliphatic rings. The van der Waals surface area contributed by atoms with Gasteiger partial charge in [0.1, 0.15) is 6.54 Å². The molecule has 0 saturated heterocycles. The van der Waals surface area contributed by atoms with Crippen molar-refractivity contribution >= 4 is 39.1 Å². The number of carbonyl (C=O) groups is 1. The van der Waals surface area contributed by atoms with Gasteiger partial charge in [-0.15, -0.1) is 0 Å². The fourth-order valence-corrected chi connectivity index (χ4v) is 3.70. The van der Waals surface area contributed by atoms with Crippen LogP contribution in [0.1, 0.15) is 6.92 Å². The summed E-state index contributed by atoms with van der Waals surface area (Å²) in [5, 5.41) is 5.99. The van der Waals surface area contributed by atoms with E-state index in [2.05, 4.69) is 35.0 Å². The molecule has 134 valence electrons. The number of nitrogens with one attached hydrogen (secondary N) is 1. The van der Waals surface area contributed by atoms with Gasteiger partial charge in [-0.25, -0.2) is 4.79 Å². The van der Waals surface area contributed by atoms with Crippen LogP contribution in [0.2, 0.25) is 0 Å². The summed E-state index contributed by atoms with van der Waals surface area (Å²) in [6.07, 6.45) is 0. The molecule has 3 aromatic carbocycles. The Labute approximate surface area is 157 Å². The third-order valence-corrected chi connectivity index (χ3v) is 4.78. The summed E-state index contributed by atoms with van der Waals surface area (Å²) in [6, 6.07) is 21.5. The molecule has 5 nitrogen and oxygen atoms in total. The molecule has 2 amide bonds. The smallest absolute Gasteiger partial charge is 0.316 e. The highest BCUT2D eigenvalue weighted by Crippen LogP contribution is 2.33. The van der Waals surface area contributed by atoms with Gasteiger partial charge in [0.05, 0.1) is 10.8 Å². The second-order valence-corrected chi connectivity index (χ2v) is 6.49. The van der Waals surface area contributed by atoms with Crippen LogP contribution in [0.15, 0.2) is 66.7 Å². The van der Waals surface area contributed by atoms with Crippen molar-refractivity contribution in [3.63, 3.8) is 0 Å². The number of nitrogen functional groups attached to an aromatic ring is 1. The third-order valence-electron chi connectivity index (χ3n) is 4.78. The van der Waals surface area contributed by atoms with Gasteiger partial charge in [-0.1, -0.05) is 24.3 Å². The maximum absolute atomic E-state index is 11.3. The van der Waals surface area contributed by atoms with Crippen LogP contribution in [0, 0.1) is 0 Å². The lowest BCUT2D eigenvalue weighted by atomic mass is 9.98. The van der Waals surface area contributed by atoms with Gasteiger partial charge < -0.3 is 16.8 Å². The molecule has 0 atom stereocenters. The van der Waals surface area contributed by atoms with E-state index in [1.54, 1.807) is 0 Å². The molecule has 27 heavy (non-hydrogen) atoms. The first-order valence-corrected chi connectivity index (χ1v) is 8.89. The van der Waals surface area contributed by atoms with Crippen molar-refractivity contribution in [2.24, 2.45) is 5.73 Å². The minimum Gasteiger partial charge on any atom is -0.399 e. The number of aromatic nitrogens is 1. The summed E-state index contributed by atoms with van der Waals surface area (Å²) in [7, 11) is 0. The van der Waals surface area contributed by atoms with Crippen molar-refractivity contribution in [1.82, 2.24) is 0 Å². The predicted octanol–water partition coefficient (Wildman–Crippen LogP) is 4.04. The molecule has 0 aliphatic carbocycles. The lowest BCUT2D eigenvalue weighted by molar-refractivity contribution is -0.655. The van der Waals surface area contributed by atoms with E-state index in [0.717, 1.165) is 45.2 Å². The summed E-state index contributed by atoms with van der Waals surface area (Å²) >= 11 is 0. The number of carbonyl (C=O) groups excluding carboxylic acids is 1. The number of fused-ring (bicyclic) bond motifs is 3. The van der Waals surface area contributed by atoms with Crippen molar-refractivity contribution < 1.29 is 9.36 Å². The van der Waals surface area contributed by atoms with Gasteiger partial charge in [-0.2, -0.15) is 4.57 Å². The predicted molar refractivity (Wildman–Crippen MR) is 110 cm³/mol. The minimum absolute atomic E-state index is 0.575. The van der Waals surface area contributed by atoms with Crippen LogP contribution in [0.5, 0.6) is 0 Å². The molecule has 5 heteroatoms. The third kappa shape index (κ3) is 2.93. The van der Waals surface area contributed by atoms with Crippen LogP contribution < -0.4 is 21.4 Å².